The maximum Gasteiger partial charge on any atom is 0.405 e. The van der Waals surface area contributed by atoms with Crippen molar-refractivity contribution in [3.05, 3.63) is 22.8 Å². The molecule has 0 bridgehead atoms. The van der Waals surface area contributed by atoms with Gasteiger partial charge in [-0.05, 0) is 37.5 Å². The molecule has 0 aliphatic heterocycles. The number of methoxy groups -OCH3 is 1. The molecule has 1 aromatic carbocycles. The first-order chi connectivity index (χ1) is 8.17. The van der Waals surface area contributed by atoms with Crippen molar-refractivity contribution in [2.24, 2.45) is 0 Å². The van der Waals surface area contributed by atoms with Crippen molar-refractivity contribution < 1.29 is 17.9 Å². The van der Waals surface area contributed by atoms with Gasteiger partial charge in [-0.1, -0.05) is 6.07 Å². The van der Waals surface area contributed by atoms with Crippen molar-refractivity contribution in [3.8, 4) is 5.75 Å². The summed E-state index contributed by atoms with van der Waals surface area (Å²) in [4.78, 5) is 1.18. The van der Waals surface area contributed by atoms with Gasteiger partial charge in [0.05, 0.1) is 12.8 Å². The van der Waals surface area contributed by atoms with Crippen molar-refractivity contribution in [2.45, 2.75) is 26.9 Å². The number of alkyl halides is 3. The predicted molar refractivity (Wildman–Crippen MR) is 66.5 cm³/mol. The molecule has 0 aliphatic rings. The predicted octanol–water partition coefficient (Wildman–Crippen LogP) is 3.62. The zero-order valence-electron chi connectivity index (χ0n) is 11.3. The van der Waals surface area contributed by atoms with Gasteiger partial charge >= 0.3 is 6.18 Å². The number of halogens is 3. The summed E-state index contributed by atoms with van der Waals surface area (Å²) in [7, 11) is 2.90. The van der Waals surface area contributed by atoms with Crippen molar-refractivity contribution in [1.82, 2.24) is 0 Å². The van der Waals surface area contributed by atoms with E-state index in [9.17, 15) is 13.2 Å². The number of rotatable bonds is 3. The summed E-state index contributed by atoms with van der Waals surface area (Å²) in [5.74, 6) is 0.513. The second-order valence-corrected chi connectivity index (χ2v) is 4.49. The lowest BCUT2D eigenvalue weighted by molar-refractivity contribution is -0.119. The van der Waals surface area contributed by atoms with Crippen LogP contribution in [-0.2, 0) is 0 Å². The summed E-state index contributed by atoms with van der Waals surface area (Å²) in [6, 6.07) is 1.88. The van der Waals surface area contributed by atoms with Gasteiger partial charge in [0, 0.05) is 7.05 Å². The molecule has 18 heavy (non-hydrogen) atoms. The average Bonchev–Trinajstić information content (AvgIpc) is 2.19. The first kappa shape index (κ1) is 14.7. The summed E-state index contributed by atoms with van der Waals surface area (Å²) in [5.41, 5.74) is 3.15. The van der Waals surface area contributed by atoms with E-state index in [-0.39, 0.29) is 0 Å². The fraction of sp³-hybridized carbons (Fsp3) is 0.538. The third-order valence-electron chi connectivity index (χ3n) is 2.96. The lowest BCUT2D eigenvalue weighted by Crippen LogP contribution is -2.31. The topological polar surface area (TPSA) is 12.5 Å². The molecular weight excluding hydrogens is 243 g/mol. The maximum atomic E-state index is 12.5. The smallest absolute Gasteiger partial charge is 0.405 e. The number of hydrogen-bond donors (Lipinski definition) is 0. The number of aryl methyl sites for hydroxylation is 2. The Hall–Kier alpha value is -1.39. The lowest BCUT2D eigenvalue weighted by Gasteiger charge is -2.26. The van der Waals surface area contributed by atoms with Gasteiger partial charge in [0.25, 0.3) is 0 Å². The van der Waals surface area contributed by atoms with Crippen LogP contribution in [0, 0.1) is 20.8 Å². The lowest BCUT2D eigenvalue weighted by atomic mass is 10.0. The molecule has 0 radical (unpaired) electrons. The van der Waals surface area contributed by atoms with Gasteiger partial charge in [-0.2, -0.15) is 13.2 Å². The Balaban J connectivity index is 3.27. The highest BCUT2D eigenvalue weighted by molar-refractivity contribution is 5.67. The van der Waals surface area contributed by atoms with Gasteiger partial charge in [0.1, 0.15) is 12.3 Å². The minimum atomic E-state index is -4.23. The molecule has 0 amide bonds. The molecule has 0 N–H and O–H groups in total. The summed E-state index contributed by atoms with van der Waals surface area (Å²) in [6.07, 6.45) is -4.23. The van der Waals surface area contributed by atoms with Crippen LogP contribution >= 0.6 is 0 Å². The van der Waals surface area contributed by atoms with Crippen molar-refractivity contribution in [3.63, 3.8) is 0 Å². The van der Waals surface area contributed by atoms with Gasteiger partial charge in [0.2, 0.25) is 0 Å². The fourth-order valence-electron chi connectivity index (χ4n) is 2.11. The standard InChI is InChI=1S/C13H18F3NO/c1-8-6-9(2)11(12(18-5)10(8)3)17(4)7-13(14,15)16/h6H,7H2,1-5H3. The molecule has 2 nitrogen and oxygen atoms in total. The van der Waals surface area contributed by atoms with Crippen LogP contribution in [0.2, 0.25) is 0 Å². The van der Waals surface area contributed by atoms with Crippen molar-refractivity contribution in [2.75, 3.05) is 25.6 Å². The van der Waals surface area contributed by atoms with Crippen LogP contribution in [0.1, 0.15) is 16.7 Å². The molecular formula is C13H18F3NO. The van der Waals surface area contributed by atoms with E-state index in [1.807, 2.05) is 19.9 Å². The minimum Gasteiger partial charge on any atom is -0.494 e. The number of anilines is 1. The van der Waals surface area contributed by atoms with E-state index in [0.29, 0.717) is 11.4 Å². The molecule has 0 saturated heterocycles. The molecule has 102 valence electrons. The molecule has 0 aliphatic carbocycles. The average molecular weight is 261 g/mol. The third-order valence-corrected chi connectivity index (χ3v) is 2.96. The van der Waals surface area contributed by atoms with Gasteiger partial charge < -0.3 is 9.64 Å². The van der Waals surface area contributed by atoms with E-state index < -0.39 is 12.7 Å². The molecule has 1 rings (SSSR count). The molecule has 0 atom stereocenters. The first-order valence-electron chi connectivity index (χ1n) is 5.60. The minimum absolute atomic E-state index is 0.498. The SMILES string of the molecule is COc1c(C)c(C)cc(C)c1N(C)CC(F)(F)F. The zero-order valence-corrected chi connectivity index (χ0v) is 11.3. The van der Waals surface area contributed by atoms with Crippen LogP contribution in [0.3, 0.4) is 0 Å². The van der Waals surface area contributed by atoms with Crippen molar-refractivity contribution >= 4 is 5.69 Å². The van der Waals surface area contributed by atoms with E-state index in [1.54, 1.807) is 6.92 Å². The zero-order chi connectivity index (χ0) is 14.1. The highest BCUT2D eigenvalue weighted by Gasteiger charge is 2.31. The van der Waals surface area contributed by atoms with E-state index in [4.69, 9.17) is 4.74 Å². The van der Waals surface area contributed by atoms with E-state index in [2.05, 4.69) is 0 Å². The Morgan fingerprint density at radius 1 is 1.17 bits per heavy atom. The van der Waals surface area contributed by atoms with Gasteiger partial charge in [-0.25, -0.2) is 0 Å². The number of ether oxygens (including phenoxy) is 1. The molecule has 5 heteroatoms. The molecule has 0 saturated carbocycles. The van der Waals surface area contributed by atoms with Crippen LogP contribution < -0.4 is 9.64 Å². The number of nitrogens with zero attached hydrogens (tertiary/aromatic N) is 1. The van der Waals surface area contributed by atoms with Crippen LogP contribution in [0.25, 0.3) is 0 Å². The Morgan fingerprint density at radius 3 is 2.17 bits per heavy atom. The summed E-state index contributed by atoms with van der Waals surface area (Å²) < 4.78 is 42.6. The van der Waals surface area contributed by atoms with Crippen LogP contribution in [-0.4, -0.2) is 26.9 Å². The van der Waals surface area contributed by atoms with Gasteiger partial charge in [0.15, 0.2) is 0 Å². The Morgan fingerprint density at radius 2 is 1.72 bits per heavy atom. The Labute approximate surface area is 105 Å². The first-order valence-corrected chi connectivity index (χ1v) is 5.60. The summed E-state index contributed by atoms with van der Waals surface area (Å²) >= 11 is 0. The Bertz CT molecular complexity index is 441. The highest BCUT2D eigenvalue weighted by atomic mass is 19.4. The number of hydrogen-bond acceptors (Lipinski definition) is 2. The van der Waals surface area contributed by atoms with Gasteiger partial charge in [-0.3, -0.25) is 0 Å². The van der Waals surface area contributed by atoms with Crippen molar-refractivity contribution in [1.29, 1.82) is 0 Å². The monoisotopic (exact) mass is 261 g/mol. The van der Waals surface area contributed by atoms with Crippen LogP contribution in [0.4, 0.5) is 18.9 Å². The summed E-state index contributed by atoms with van der Waals surface area (Å²) in [5, 5.41) is 0. The molecule has 0 unspecified atom stereocenters. The molecule has 0 fully saturated rings. The maximum absolute atomic E-state index is 12.5. The van der Waals surface area contributed by atoms with Crippen LogP contribution in [0.5, 0.6) is 5.75 Å². The van der Waals surface area contributed by atoms with E-state index in [0.717, 1.165) is 16.7 Å². The van der Waals surface area contributed by atoms with E-state index in [1.165, 1.54) is 19.1 Å². The second kappa shape index (κ2) is 5.08. The molecule has 1 aromatic rings. The quantitative estimate of drug-likeness (QED) is 0.824. The fourth-order valence-corrected chi connectivity index (χ4v) is 2.11. The third kappa shape index (κ3) is 3.09. The normalized spacial score (nSPS) is 11.6. The highest BCUT2D eigenvalue weighted by Crippen LogP contribution is 2.37. The molecule has 0 aromatic heterocycles. The van der Waals surface area contributed by atoms with E-state index >= 15 is 0 Å². The largest absolute Gasteiger partial charge is 0.494 e. The summed E-state index contributed by atoms with van der Waals surface area (Å²) in [6.45, 7) is 4.56. The second-order valence-electron chi connectivity index (χ2n) is 4.49. The van der Waals surface area contributed by atoms with Gasteiger partial charge in [-0.15, -0.1) is 0 Å². The van der Waals surface area contributed by atoms with Crippen LogP contribution in [0.15, 0.2) is 6.07 Å². The Kier molecular flexibility index (Phi) is 4.14. The number of benzene rings is 1. The molecule has 0 spiro atoms. The molecule has 0 heterocycles.